The highest BCUT2D eigenvalue weighted by Gasteiger charge is 2.22. The minimum atomic E-state index is -0.398. The lowest BCUT2D eigenvalue weighted by molar-refractivity contribution is 0.0917. The van der Waals surface area contributed by atoms with Gasteiger partial charge < -0.3 is 0 Å². The van der Waals surface area contributed by atoms with Crippen LogP contribution in [0, 0.1) is 6.92 Å². The lowest BCUT2D eigenvalue weighted by Gasteiger charge is -2.07. The van der Waals surface area contributed by atoms with Crippen molar-refractivity contribution < 1.29 is 9.59 Å². The SMILES string of the molecule is Cc1c(C(=O)NN)c2ccccc2n1C(=O)Cc1ccccc1. The number of fused-ring (bicyclic) bond motifs is 1. The molecule has 3 N–H and O–H groups in total. The lowest BCUT2D eigenvalue weighted by Crippen LogP contribution is -2.30. The highest BCUT2D eigenvalue weighted by Crippen LogP contribution is 2.26. The van der Waals surface area contributed by atoms with Crippen molar-refractivity contribution in [2.24, 2.45) is 5.84 Å². The Morgan fingerprint density at radius 1 is 1.04 bits per heavy atom. The number of nitrogens with two attached hydrogens (primary N) is 1. The second kappa shape index (κ2) is 6.06. The number of amides is 1. The van der Waals surface area contributed by atoms with Crippen LogP contribution in [0.25, 0.3) is 10.9 Å². The molecule has 2 aromatic carbocycles. The van der Waals surface area contributed by atoms with Crippen LogP contribution >= 0.6 is 0 Å². The third-order valence-corrected chi connectivity index (χ3v) is 3.92. The molecule has 23 heavy (non-hydrogen) atoms. The summed E-state index contributed by atoms with van der Waals surface area (Å²) in [5.74, 6) is 4.80. The molecular formula is C18H17N3O2. The van der Waals surface area contributed by atoms with Gasteiger partial charge in [0.05, 0.1) is 17.5 Å². The first-order valence-corrected chi connectivity index (χ1v) is 7.31. The van der Waals surface area contributed by atoms with Crippen molar-refractivity contribution in [1.29, 1.82) is 0 Å². The van der Waals surface area contributed by atoms with Gasteiger partial charge in [0.15, 0.2) is 0 Å². The molecule has 1 amide bonds. The number of carbonyl (C=O) groups is 2. The van der Waals surface area contributed by atoms with E-state index in [9.17, 15) is 9.59 Å². The number of aromatic nitrogens is 1. The van der Waals surface area contributed by atoms with E-state index in [1.807, 2.05) is 54.6 Å². The number of nitrogen functional groups attached to an aromatic ring is 1. The maximum absolute atomic E-state index is 12.8. The van der Waals surface area contributed by atoms with Gasteiger partial charge in [-0.1, -0.05) is 48.5 Å². The average Bonchev–Trinajstić information content (AvgIpc) is 2.87. The zero-order valence-electron chi connectivity index (χ0n) is 12.7. The van der Waals surface area contributed by atoms with Crippen molar-refractivity contribution >= 4 is 22.7 Å². The summed E-state index contributed by atoms with van der Waals surface area (Å²) in [5.41, 5.74) is 4.82. The topological polar surface area (TPSA) is 77.1 Å². The first-order chi connectivity index (χ1) is 11.1. The van der Waals surface area contributed by atoms with Crippen LogP contribution in [0.1, 0.15) is 26.4 Å². The second-order valence-corrected chi connectivity index (χ2v) is 5.34. The fourth-order valence-electron chi connectivity index (χ4n) is 2.90. The molecule has 0 saturated heterocycles. The molecule has 5 nitrogen and oxygen atoms in total. The number of benzene rings is 2. The zero-order chi connectivity index (χ0) is 16.4. The number of hydrogen-bond donors (Lipinski definition) is 2. The van der Waals surface area contributed by atoms with Gasteiger partial charge in [-0.2, -0.15) is 0 Å². The average molecular weight is 307 g/mol. The summed E-state index contributed by atoms with van der Waals surface area (Å²) < 4.78 is 1.59. The normalized spacial score (nSPS) is 10.7. The van der Waals surface area contributed by atoms with Crippen molar-refractivity contribution in [3.63, 3.8) is 0 Å². The van der Waals surface area contributed by atoms with Crippen LogP contribution in [-0.2, 0) is 6.42 Å². The molecule has 0 atom stereocenters. The molecule has 0 unspecified atom stereocenters. The van der Waals surface area contributed by atoms with Crippen molar-refractivity contribution in [2.75, 3.05) is 0 Å². The van der Waals surface area contributed by atoms with Gasteiger partial charge in [-0.25, -0.2) is 5.84 Å². The Hall–Kier alpha value is -2.92. The molecule has 3 aromatic rings. The Labute approximate surface area is 133 Å². The molecule has 0 saturated carbocycles. The van der Waals surface area contributed by atoms with E-state index in [0.29, 0.717) is 16.8 Å². The van der Waals surface area contributed by atoms with E-state index in [1.165, 1.54) is 0 Å². The fourth-order valence-corrected chi connectivity index (χ4v) is 2.90. The minimum Gasteiger partial charge on any atom is -0.290 e. The number of hydrogen-bond acceptors (Lipinski definition) is 3. The van der Waals surface area contributed by atoms with Crippen LogP contribution in [-0.4, -0.2) is 16.4 Å². The quantitative estimate of drug-likeness (QED) is 0.443. The first-order valence-electron chi connectivity index (χ1n) is 7.31. The molecular weight excluding hydrogens is 290 g/mol. The predicted octanol–water partition coefficient (Wildman–Crippen LogP) is 2.44. The van der Waals surface area contributed by atoms with Gasteiger partial charge in [0, 0.05) is 11.1 Å². The standard InChI is InChI=1S/C18H17N3O2/c1-12-17(18(23)20-19)14-9-5-6-10-15(14)21(12)16(22)11-13-7-3-2-4-8-13/h2-10H,11,19H2,1H3,(H,20,23). The predicted molar refractivity (Wildman–Crippen MR) is 89.1 cm³/mol. The summed E-state index contributed by atoms with van der Waals surface area (Å²) >= 11 is 0. The van der Waals surface area contributed by atoms with Crippen LogP contribution < -0.4 is 11.3 Å². The Kier molecular flexibility index (Phi) is 3.95. The minimum absolute atomic E-state index is 0.0824. The number of nitrogens with zero attached hydrogens (tertiary/aromatic N) is 1. The number of rotatable bonds is 3. The molecule has 5 heteroatoms. The summed E-state index contributed by atoms with van der Waals surface area (Å²) in [6.45, 7) is 1.76. The Bertz CT molecular complexity index is 882. The molecule has 0 spiro atoms. The fraction of sp³-hybridized carbons (Fsp3) is 0.111. The second-order valence-electron chi connectivity index (χ2n) is 5.34. The van der Waals surface area contributed by atoms with Crippen molar-refractivity contribution in [2.45, 2.75) is 13.3 Å². The molecule has 0 aliphatic rings. The van der Waals surface area contributed by atoms with E-state index in [1.54, 1.807) is 11.5 Å². The third-order valence-electron chi connectivity index (χ3n) is 3.92. The molecule has 0 bridgehead atoms. The van der Waals surface area contributed by atoms with Gasteiger partial charge >= 0.3 is 0 Å². The highest BCUT2D eigenvalue weighted by atomic mass is 16.2. The molecule has 1 heterocycles. The Balaban J connectivity index is 2.12. The largest absolute Gasteiger partial charge is 0.290 e. The molecule has 0 aliphatic heterocycles. The van der Waals surface area contributed by atoms with Gasteiger partial charge in [-0.3, -0.25) is 19.6 Å². The van der Waals surface area contributed by atoms with Crippen molar-refractivity contribution in [3.8, 4) is 0 Å². The van der Waals surface area contributed by atoms with E-state index < -0.39 is 5.91 Å². The molecule has 3 rings (SSSR count). The summed E-state index contributed by atoms with van der Waals surface area (Å²) in [6.07, 6.45) is 0.268. The van der Waals surface area contributed by atoms with Gasteiger partial charge in [-0.15, -0.1) is 0 Å². The summed E-state index contributed by atoms with van der Waals surface area (Å²) in [4.78, 5) is 24.9. The lowest BCUT2D eigenvalue weighted by atomic mass is 10.1. The summed E-state index contributed by atoms with van der Waals surface area (Å²) in [7, 11) is 0. The summed E-state index contributed by atoms with van der Waals surface area (Å²) in [5, 5.41) is 0.717. The smallest absolute Gasteiger partial charge is 0.267 e. The van der Waals surface area contributed by atoms with E-state index in [2.05, 4.69) is 5.43 Å². The van der Waals surface area contributed by atoms with E-state index in [0.717, 1.165) is 10.9 Å². The highest BCUT2D eigenvalue weighted by molar-refractivity contribution is 6.10. The van der Waals surface area contributed by atoms with Crippen LogP contribution in [0.15, 0.2) is 54.6 Å². The van der Waals surface area contributed by atoms with Gasteiger partial charge in [0.2, 0.25) is 5.91 Å². The molecule has 0 fully saturated rings. The van der Waals surface area contributed by atoms with E-state index in [4.69, 9.17) is 5.84 Å². The van der Waals surface area contributed by atoms with Crippen molar-refractivity contribution in [1.82, 2.24) is 9.99 Å². The van der Waals surface area contributed by atoms with Crippen molar-refractivity contribution in [3.05, 3.63) is 71.4 Å². The van der Waals surface area contributed by atoms with E-state index in [-0.39, 0.29) is 12.3 Å². The molecule has 1 aromatic heterocycles. The van der Waals surface area contributed by atoms with Crippen LogP contribution in [0.5, 0.6) is 0 Å². The van der Waals surface area contributed by atoms with Gasteiger partial charge in [0.1, 0.15) is 0 Å². The number of hydrazine groups is 1. The molecule has 0 aliphatic carbocycles. The maximum Gasteiger partial charge on any atom is 0.267 e. The summed E-state index contributed by atoms with van der Waals surface area (Å²) in [6, 6.07) is 16.9. The molecule has 0 radical (unpaired) electrons. The number of nitrogens with one attached hydrogen (secondary N) is 1. The zero-order valence-corrected chi connectivity index (χ0v) is 12.7. The number of para-hydroxylation sites is 1. The monoisotopic (exact) mass is 307 g/mol. The van der Waals surface area contributed by atoms with Gasteiger partial charge in [-0.05, 0) is 18.6 Å². The Morgan fingerprint density at radius 3 is 2.39 bits per heavy atom. The first kappa shape index (κ1) is 15.0. The molecule has 116 valence electrons. The van der Waals surface area contributed by atoms with E-state index >= 15 is 0 Å². The third kappa shape index (κ3) is 2.62. The van der Waals surface area contributed by atoms with Crippen LogP contribution in [0.2, 0.25) is 0 Å². The Morgan fingerprint density at radius 2 is 1.70 bits per heavy atom. The van der Waals surface area contributed by atoms with Crippen LogP contribution in [0.4, 0.5) is 0 Å². The van der Waals surface area contributed by atoms with Crippen LogP contribution in [0.3, 0.4) is 0 Å². The maximum atomic E-state index is 12.8. The van der Waals surface area contributed by atoms with Gasteiger partial charge in [0.25, 0.3) is 5.91 Å². The number of carbonyl (C=O) groups excluding carboxylic acids is 2.